The summed E-state index contributed by atoms with van der Waals surface area (Å²) in [7, 11) is 4.50. The van der Waals surface area contributed by atoms with Crippen LogP contribution in [0.15, 0.2) is 60.7 Å². The predicted octanol–water partition coefficient (Wildman–Crippen LogP) is 6.10. The largest absolute Gasteiger partial charge is 0.329 e. The lowest BCUT2D eigenvalue weighted by Gasteiger charge is -2.40. The Kier molecular flexibility index (Phi) is 6.05. The summed E-state index contributed by atoms with van der Waals surface area (Å²) in [6.45, 7) is 1.56. The molecule has 4 unspecified atom stereocenters. The zero-order chi connectivity index (χ0) is 29.7. The van der Waals surface area contributed by atoms with E-state index in [1.54, 1.807) is 0 Å². The Balaban J connectivity index is 0.000000123. The summed E-state index contributed by atoms with van der Waals surface area (Å²) >= 11 is 0. The van der Waals surface area contributed by atoms with E-state index in [4.69, 9.17) is 0 Å². The molecule has 4 fully saturated rings. The van der Waals surface area contributed by atoms with Crippen molar-refractivity contribution in [1.82, 2.24) is 28.7 Å². The van der Waals surface area contributed by atoms with Crippen molar-refractivity contribution in [2.75, 3.05) is 14.1 Å². The van der Waals surface area contributed by atoms with Crippen LogP contribution < -0.4 is 0 Å². The maximum Gasteiger partial charge on any atom is 0.329 e. The van der Waals surface area contributed by atoms with Crippen LogP contribution in [-0.2, 0) is 13.1 Å². The molecule has 0 aliphatic carbocycles. The smallest absolute Gasteiger partial charge is 0.315 e. The van der Waals surface area contributed by atoms with E-state index < -0.39 is 0 Å². The van der Waals surface area contributed by atoms with Gasteiger partial charge in [0.25, 0.3) is 0 Å². The standard InChI is InChI=1S/2C18H21N3O/c2*1-19-13-6-7-14(19)10-15(9-13)20-11-16-8-12-4-2-3-5-17(12)21(16)18(20)22/h2*2-5,8,13-15H,6-7,9-11H2,1H3. The number of aromatic nitrogens is 2. The molecule has 8 heteroatoms. The topological polar surface area (TPSA) is 57.0 Å². The number of fused-ring (bicyclic) bond motifs is 10. The average molecular weight is 591 g/mol. The van der Waals surface area contributed by atoms with Gasteiger partial charge in [0.15, 0.2) is 0 Å². The molecule has 4 saturated heterocycles. The van der Waals surface area contributed by atoms with E-state index in [2.05, 4.69) is 70.1 Å². The van der Waals surface area contributed by atoms with Gasteiger partial charge in [-0.15, -0.1) is 0 Å². The first-order valence-corrected chi connectivity index (χ1v) is 16.7. The van der Waals surface area contributed by atoms with Crippen LogP contribution in [0.1, 0.15) is 62.8 Å². The molecule has 2 amide bonds. The van der Waals surface area contributed by atoms with Crippen LogP contribution in [-0.4, -0.2) is 91.1 Å². The van der Waals surface area contributed by atoms with E-state index in [0.717, 1.165) is 61.2 Å². The first-order valence-electron chi connectivity index (χ1n) is 16.7. The van der Waals surface area contributed by atoms with Gasteiger partial charge in [0, 0.05) is 58.4 Å². The second-order valence-electron chi connectivity index (χ2n) is 14.2. The van der Waals surface area contributed by atoms with Crippen molar-refractivity contribution in [2.24, 2.45) is 0 Å². The molecule has 6 aliphatic rings. The highest BCUT2D eigenvalue weighted by Gasteiger charge is 2.45. The third kappa shape index (κ3) is 3.96. The Labute approximate surface area is 258 Å². The van der Waals surface area contributed by atoms with Gasteiger partial charge in [0.2, 0.25) is 0 Å². The van der Waals surface area contributed by atoms with Crippen molar-refractivity contribution in [1.29, 1.82) is 0 Å². The predicted molar refractivity (Wildman–Crippen MR) is 172 cm³/mol. The number of benzene rings is 2. The fourth-order valence-corrected chi connectivity index (χ4v) is 9.69. The number of nitrogens with zero attached hydrogens (tertiary/aromatic N) is 6. The quantitative estimate of drug-likeness (QED) is 0.283. The van der Waals surface area contributed by atoms with Gasteiger partial charge in [0.1, 0.15) is 0 Å². The SMILES string of the molecule is CN1C2CCC1CC(N1Cc3cc4ccccc4n3C1=O)C2.CN1C2CCC1CC(N1Cc3cc4ccccc4n3C1=O)C2. The van der Waals surface area contributed by atoms with Crippen LogP contribution >= 0.6 is 0 Å². The molecule has 4 atom stereocenters. The number of para-hydroxylation sites is 2. The average Bonchev–Trinajstić information content (AvgIpc) is 3.81. The van der Waals surface area contributed by atoms with E-state index in [1.807, 2.05) is 33.4 Å². The fraction of sp³-hybridized carbons (Fsp3) is 0.500. The third-order valence-electron chi connectivity index (χ3n) is 12.1. The Hall–Kier alpha value is -3.62. The second kappa shape index (κ2) is 9.94. The van der Waals surface area contributed by atoms with E-state index in [9.17, 15) is 9.59 Å². The summed E-state index contributed by atoms with van der Waals surface area (Å²) in [6, 6.07) is 24.7. The molecule has 8 heterocycles. The number of piperidine rings is 2. The lowest BCUT2D eigenvalue weighted by atomic mass is 9.97. The number of amides is 2. The summed E-state index contributed by atoms with van der Waals surface area (Å²) in [5, 5.41) is 2.35. The van der Waals surface area contributed by atoms with Gasteiger partial charge in [-0.25, -0.2) is 9.59 Å². The Morgan fingerprint density at radius 2 is 0.886 bits per heavy atom. The zero-order valence-electron chi connectivity index (χ0n) is 25.8. The van der Waals surface area contributed by atoms with E-state index in [-0.39, 0.29) is 12.1 Å². The molecule has 4 aromatic rings. The van der Waals surface area contributed by atoms with E-state index in [0.29, 0.717) is 36.3 Å². The van der Waals surface area contributed by atoms with Crippen molar-refractivity contribution >= 4 is 33.9 Å². The van der Waals surface area contributed by atoms with Gasteiger partial charge in [-0.2, -0.15) is 0 Å². The zero-order valence-corrected chi connectivity index (χ0v) is 25.8. The Bertz CT molecular complexity index is 1630. The maximum absolute atomic E-state index is 13.0. The van der Waals surface area contributed by atoms with Crippen LogP contribution in [0.3, 0.4) is 0 Å². The number of carbonyl (C=O) groups is 2. The molecule has 228 valence electrons. The van der Waals surface area contributed by atoms with Crippen molar-refractivity contribution in [3.63, 3.8) is 0 Å². The fourth-order valence-electron chi connectivity index (χ4n) is 9.69. The third-order valence-corrected chi connectivity index (χ3v) is 12.1. The van der Waals surface area contributed by atoms with Crippen molar-refractivity contribution in [3.8, 4) is 0 Å². The van der Waals surface area contributed by atoms with E-state index in [1.165, 1.54) is 36.5 Å². The summed E-state index contributed by atoms with van der Waals surface area (Å²) < 4.78 is 3.85. The molecule has 0 spiro atoms. The van der Waals surface area contributed by atoms with Crippen molar-refractivity contribution in [3.05, 3.63) is 72.1 Å². The van der Waals surface area contributed by atoms with Crippen molar-refractivity contribution in [2.45, 2.75) is 101 Å². The monoisotopic (exact) mass is 590 g/mol. The Morgan fingerprint density at radius 3 is 1.27 bits per heavy atom. The van der Waals surface area contributed by atoms with Crippen LogP contribution in [0.2, 0.25) is 0 Å². The van der Waals surface area contributed by atoms with Gasteiger partial charge >= 0.3 is 12.1 Å². The molecule has 4 bridgehead atoms. The van der Waals surface area contributed by atoms with Crippen molar-refractivity contribution < 1.29 is 9.59 Å². The molecule has 0 N–H and O–H groups in total. The summed E-state index contributed by atoms with van der Waals surface area (Å²) in [5.74, 6) is 0. The minimum atomic E-state index is 0.185. The first kappa shape index (κ1) is 26.8. The minimum absolute atomic E-state index is 0.185. The molecule has 2 aromatic heterocycles. The summed E-state index contributed by atoms with van der Waals surface area (Å²) in [5.41, 5.74) is 4.41. The lowest BCUT2D eigenvalue weighted by molar-refractivity contribution is 0.0942. The number of carbonyl (C=O) groups excluding carboxylic acids is 2. The maximum atomic E-state index is 13.0. The number of hydrogen-bond donors (Lipinski definition) is 0. The summed E-state index contributed by atoms with van der Waals surface area (Å²) in [6.07, 6.45) is 9.76. The van der Waals surface area contributed by atoms with Gasteiger partial charge in [0.05, 0.1) is 24.1 Å². The molecule has 10 rings (SSSR count). The minimum Gasteiger partial charge on any atom is -0.315 e. The van der Waals surface area contributed by atoms with E-state index >= 15 is 0 Å². The Morgan fingerprint density at radius 1 is 0.523 bits per heavy atom. The highest BCUT2D eigenvalue weighted by atomic mass is 16.2. The first-order chi connectivity index (χ1) is 21.4. The van der Waals surface area contributed by atoms with Crippen LogP contribution in [0.4, 0.5) is 9.59 Å². The molecule has 0 saturated carbocycles. The molecular weight excluding hydrogens is 548 g/mol. The van der Waals surface area contributed by atoms with Gasteiger partial charge in [-0.3, -0.25) is 9.13 Å². The van der Waals surface area contributed by atoms with Gasteiger partial charge in [-0.05, 0) is 89.7 Å². The molecule has 2 aromatic carbocycles. The van der Waals surface area contributed by atoms with Gasteiger partial charge in [-0.1, -0.05) is 36.4 Å². The lowest BCUT2D eigenvalue weighted by Crippen LogP contribution is -2.49. The number of hydrogen-bond acceptors (Lipinski definition) is 4. The van der Waals surface area contributed by atoms with Crippen LogP contribution in [0.25, 0.3) is 21.8 Å². The van der Waals surface area contributed by atoms with Crippen LogP contribution in [0, 0.1) is 0 Å². The molecule has 6 aliphatic heterocycles. The second-order valence-corrected chi connectivity index (χ2v) is 14.2. The van der Waals surface area contributed by atoms with Crippen LogP contribution in [0.5, 0.6) is 0 Å². The number of rotatable bonds is 2. The van der Waals surface area contributed by atoms with Gasteiger partial charge < -0.3 is 19.6 Å². The summed E-state index contributed by atoms with van der Waals surface area (Å²) in [4.78, 5) is 35.2. The normalized spacial score (nSPS) is 31.2. The highest BCUT2D eigenvalue weighted by Crippen LogP contribution is 2.40. The molecule has 44 heavy (non-hydrogen) atoms. The highest BCUT2D eigenvalue weighted by molar-refractivity contribution is 5.96. The molecule has 8 nitrogen and oxygen atoms in total. The molecule has 0 radical (unpaired) electrons. The molecular formula is C36H42N6O2.